The van der Waals surface area contributed by atoms with Gasteiger partial charge in [0.1, 0.15) is 6.04 Å². The minimum Gasteiger partial charge on any atom is -0.493 e. The lowest BCUT2D eigenvalue weighted by atomic mass is 10.1. The lowest BCUT2D eigenvalue weighted by molar-refractivity contribution is -0.386. The summed E-state index contributed by atoms with van der Waals surface area (Å²) in [7, 11) is 4.01. The van der Waals surface area contributed by atoms with Crippen molar-refractivity contribution >= 4 is 11.7 Å². The molecule has 1 aromatic rings. The number of nitrogens with two attached hydrogens (primary N) is 1. The van der Waals surface area contributed by atoms with Gasteiger partial charge in [0.15, 0.2) is 11.5 Å². The number of esters is 1. The van der Waals surface area contributed by atoms with Crippen molar-refractivity contribution in [2.45, 2.75) is 12.6 Å². The van der Waals surface area contributed by atoms with Crippen molar-refractivity contribution in [3.63, 3.8) is 0 Å². The van der Waals surface area contributed by atoms with Gasteiger partial charge in [0.05, 0.1) is 51.1 Å². The van der Waals surface area contributed by atoms with E-state index in [0.717, 1.165) is 0 Å². The Morgan fingerprint density at radius 2 is 1.86 bits per heavy atom. The number of ether oxygens (including phenoxy) is 4. The fraction of sp³-hybridized carbons (Fsp3) is 0.462. The third-order valence-electron chi connectivity index (χ3n) is 2.84. The second-order valence-electron chi connectivity index (χ2n) is 4.24. The summed E-state index contributed by atoms with van der Waals surface area (Å²) in [6.07, 6.45) is 0. The molecule has 0 saturated carbocycles. The van der Waals surface area contributed by atoms with E-state index in [2.05, 4.69) is 4.74 Å². The van der Waals surface area contributed by atoms with E-state index in [1.165, 1.54) is 33.5 Å². The smallest absolute Gasteiger partial charge is 0.325 e. The summed E-state index contributed by atoms with van der Waals surface area (Å²) < 4.78 is 19.8. The second-order valence-corrected chi connectivity index (χ2v) is 4.24. The van der Waals surface area contributed by atoms with E-state index < -0.39 is 16.9 Å². The van der Waals surface area contributed by atoms with Crippen LogP contribution in [0.25, 0.3) is 0 Å². The molecule has 0 radical (unpaired) electrons. The highest BCUT2D eigenvalue weighted by Crippen LogP contribution is 2.34. The Kier molecular flexibility index (Phi) is 6.54. The number of methoxy groups -OCH3 is 3. The van der Waals surface area contributed by atoms with Crippen LogP contribution in [0, 0.1) is 10.1 Å². The first kappa shape index (κ1) is 17.7. The van der Waals surface area contributed by atoms with Crippen LogP contribution in [0.5, 0.6) is 11.5 Å². The molecule has 2 N–H and O–H groups in total. The number of carbonyl (C=O) groups is 1. The molecule has 0 unspecified atom stereocenters. The van der Waals surface area contributed by atoms with Crippen LogP contribution in [-0.4, -0.2) is 44.9 Å². The van der Waals surface area contributed by atoms with Crippen molar-refractivity contribution in [1.82, 2.24) is 0 Å². The van der Waals surface area contributed by atoms with Crippen LogP contribution in [0.2, 0.25) is 0 Å². The predicted molar refractivity (Wildman–Crippen MR) is 75.8 cm³/mol. The molecule has 0 amide bonds. The Hall–Kier alpha value is -2.39. The van der Waals surface area contributed by atoms with E-state index in [0.29, 0.717) is 5.75 Å². The first-order valence-electron chi connectivity index (χ1n) is 6.25. The van der Waals surface area contributed by atoms with Crippen molar-refractivity contribution < 1.29 is 28.7 Å². The third kappa shape index (κ3) is 4.30. The number of nitro groups is 1. The molecular formula is C13H18N2O7. The molecule has 1 rings (SSSR count). The first-order valence-corrected chi connectivity index (χ1v) is 6.25. The summed E-state index contributed by atoms with van der Waals surface area (Å²) in [6, 6.07) is 1.74. The standard InChI is InChI=1S/C13H18N2O7/c1-19-11-4-8(6-22-7-9(14)13(16)21-3)10(15(17)18)5-12(11)20-2/h4-5,9H,6-7,14H2,1-3H3/t9-/m0/s1. The molecule has 0 aliphatic rings. The highest BCUT2D eigenvalue weighted by atomic mass is 16.6. The van der Waals surface area contributed by atoms with Crippen LogP contribution < -0.4 is 15.2 Å². The summed E-state index contributed by atoms with van der Waals surface area (Å²) in [5.41, 5.74) is 5.61. The van der Waals surface area contributed by atoms with Gasteiger partial charge in [0.25, 0.3) is 5.69 Å². The van der Waals surface area contributed by atoms with Gasteiger partial charge in [-0.1, -0.05) is 0 Å². The molecule has 22 heavy (non-hydrogen) atoms. The zero-order valence-electron chi connectivity index (χ0n) is 12.5. The molecular weight excluding hydrogens is 296 g/mol. The van der Waals surface area contributed by atoms with Gasteiger partial charge in [0, 0.05) is 0 Å². The number of benzene rings is 1. The first-order chi connectivity index (χ1) is 10.4. The van der Waals surface area contributed by atoms with Crippen LogP contribution in [0.4, 0.5) is 5.69 Å². The number of nitrogens with zero attached hydrogens (tertiary/aromatic N) is 1. The summed E-state index contributed by atoms with van der Waals surface area (Å²) >= 11 is 0. The molecule has 1 atom stereocenters. The molecule has 9 nitrogen and oxygen atoms in total. The zero-order valence-corrected chi connectivity index (χ0v) is 12.5. The Morgan fingerprint density at radius 3 is 2.36 bits per heavy atom. The summed E-state index contributed by atoms with van der Waals surface area (Å²) in [4.78, 5) is 21.7. The maximum Gasteiger partial charge on any atom is 0.325 e. The Balaban J connectivity index is 2.88. The lowest BCUT2D eigenvalue weighted by Gasteiger charge is -2.12. The van der Waals surface area contributed by atoms with Gasteiger partial charge < -0.3 is 24.7 Å². The minimum absolute atomic E-state index is 0.110. The van der Waals surface area contributed by atoms with Gasteiger partial charge >= 0.3 is 5.97 Å². The quantitative estimate of drug-likeness (QED) is 0.421. The van der Waals surface area contributed by atoms with Crippen LogP contribution in [-0.2, 0) is 20.9 Å². The lowest BCUT2D eigenvalue weighted by Crippen LogP contribution is -2.36. The van der Waals surface area contributed by atoms with Crippen LogP contribution in [0.3, 0.4) is 0 Å². The van der Waals surface area contributed by atoms with Crippen molar-refractivity contribution in [2.24, 2.45) is 5.73 Å². The monoisotopic (exact) mass is 314 g/mol. The van der Waals surface area contributed by atoms with E-state index in [4.69, 9.17) is 19.9 Å². The van der Waals surface area contributed by atoms with Crippen molar-refractivity contribution in [3.05, 3.63) is 27.8 Å². The van der Waals surface area contributed by atoms with Crippen molar-refractivity contribution in [2.75, 3.05) is 27.9 Å². The van der Waals surface area contributed by atoms with E-state index in [1.807, 2.05) is 0 Å². The minimum atomic E-state index is -0.954. The highest BCUT2D eigenvalue weighted by molar-refractivity contribution is 5.75. The number of carbonyl (C=O) groups excluding carboxylic acids is 1. The maximum absolute atomic E-state index is 11.1. The fourth-order valence-electron chi connectivity index (χ4n) is 1.71. The van der Waals surface area contributed by atoms with E-state index in [-0.39, 0.29) is 30.2 Å². The SMILES string of the molecule is COC(=O)[C@@H](N)COCc1cc(OC)c(OC)cc1[N+](=O)[O-]. The summed E-state index contributed by atoms with van der Waals surface area (Å²) in [6.45, 7) is -0.237. The maximum atomic E-state index is 11.1. The molecule has 1 aromatic carbocycles. The molecule has 0 spiro atoms. The average molecular weight is 314 g/mol. The van der Waals surface area contributed by atoms with Gasteiger partial charge in [0.2, 0.25) is 0 Å². The Bertz CT molecular complexity index is 547. The molecule has 0 fully saturated rings. The largest absolute Gasteiger partial charge is 0.493 e. The van der Waals surface area contributed by atoms with Gasteiger partial charge in [-0.2, -0.15) is 0 Å². The molecule has 0 bridgehead atoms. The number of hydrogen-bond acceptors (Lipinski definition) is 8. The van der Waals surface area contributed by atoms with Gasteiger partial charge in [-0.15, -0.1) is 0 Å². The fourth-order valence-corrected chi connectivity index (χ4v) is 1.71. The highest BCUT2D eigenvalue weighted by Gasteiger charge is 2.20. The molecule has 0 aliphatic heterocycles. The topological polar surface area (TPSA) is 123 Å². The molecule has 122 valence electrons. The molecule has 0 aromatic heterocycles. The van der Waals surface area contributed by atoms with Gasteiger partial charge in [-0.05, 0) is 6.07 Å². The molecule has 0 heterocycles. The number of rotatable bonds is 8. The predicted octanol–water partition coefficient (Wildman–Crippen LogP) is 0.629. The van der Waals surface area contributed by atoms with E-state index in [1.54, 1.807) is 0 Å². The van der Waals surface area contributed by atoms with E-state index >= 15 is 0 Å². The van der Waals surface area contributed by atoms with Gasteiger partial charge in [-0.25, -0.2) is 0 Å². The van der Waals surface area contributed by atoms with Crippen molar-refractivity contribution in [3.8, 4) is 11.5 Å². The third-order valence-corrected chi connectivity index (χ3v) is 2.84. The molecule has 9 heteroatoms. The Morgan fingerprint density at radius 1 is 1.27 bits per heavy atom. The van der Waals surface area contributed by atoms with E-state index in [9.17, 15) is 14.9 Å². The second kappa shape index (κ2) is 8.15. The zero-order chi connectivity index (χ0) is 16.7. The Labute approximate surface area is 127 Å². The normalized spacial score (nSPS) is 11.6. The van der Waals surface area contributed by atoms with Gasteiger partial charge in [-0.3, -0.25) is 14.9 Å². The molecule has 0 saturated heterocycles. The van der Waals surface area contributed by atoms with Crippen LogP contribution in [0.1, 0.15) is 5.56 Å². The van der Waals surface area contributed by atoms with Crippen LogP contribution in [0.15, 0.2) is 12.1 Å². The number of hydrogen-bond donors (Lipinski definition) is 1. The van der Waals surface area contributed by atoms with Crippen molar-refractivity contribution in [1.29, 1.82) is 0 Å². The number of nitro benzene ring substituents is 1. The molecule has 0 aliphatic carbocycles. The summed E-state index contributed by atoms with van der Waals surface area (Å²) in [5.74, 6) is -0.0463. The summed E-state index contributed by atoms with van der Waals surface area (Å²) in [5, 5.41) is 11.1. The average Bonchev–Trinajstić information content (AvgIpc) is 2.52. The van der Waals surface area contributed by atoms with Crippen LogP contribution >= 0.6 is 0 Å².